The normalized spacial score (nSPS) is 18.6. The van der Waals surface area contributed by atoms with Crippen LogP contribution in [-0.2, 0) is 21.2 Å². The van der Waals surface area contributed by atoms with Gasteiger partial charge in [0.15, 0.2) is 0 Å². The van der Waals surface area contributed by atoms with Gasteiger partial charge in [-0.1, -0.05) is 23.8 Å². The molecule has 2 aromatic rings. The maximum Gasteiger partial charge on any atom is 0.264 e. The quantitative estimate of drug-likeness (QED) is 0.824. The number of rotatable bonds is 2. The summed E-state index contributed by atoms with van der Waals surface area (Å²) in [4.78, 5) is 12.4. The van der Waals surface area contributed by atoms with Gasteiger partial charge in [0.1, 0.15) is 0 Å². The minimum Gasteiger partial charge on any atom is -0.321 e. The van der Waals surface area contributed by atoms with Crippen molar-refractivity contribution in [3.05, 3.63) is 59.2 Å². The molecule has 0 spiro atoms. The largest absolute Gasteiger partial charge is 0.321 e. The second-order valence-electron chi connectivity index (χ2n) is 7.02. The molecule has 134 valence electrons. The predicted octanol–water partition coefficient (Wildman–Crippen LogP) is 3.57. The summed E-state index contributed by atoms with van der Waals surface area (Å²) in [6.45, 7) is 5.62. The summed E-state index contributed by atoms with van der Waals surface area (Å²) in [5, 5.41) is 2.80. The Morgan fingerprint density at radius 3 is 2.62 bits per heavy atom. The highest BCUT2D eigenvalue weighted by Crippen LogP contribution is 2.39. The van der Waals surface area contributed by atoms with E-state index in [1.165, 1.54) is 4.31 Å². The molecule has 0 saturated carbocycles. The second kappa shape index (κ2) is 5.71. The Balaban J connectivity index is 1.85. The number of nitrogens with zero attached hydrogens (tertiary/aromatic N) is 1. The van der Waals surface area contributed by atoms with E-state index in [1.54, 1.807) is 18.2 Å². The first kappa shape index (κ1) is 16.8. The number of benzene rings is 2. The van der Waals surface area contributed by atoms with Gasteiger partial charge in [-0.05, 0) is 57.0 Å². The third kappa shape index (κ3) is 2.36. The smallest absolute Gasteiger partial charge is 0.264 e. The highest BCUT2D eigenvalue weighted by atomic mass is 32.2. The molecule has 0 bridgehead atoms. The SMILES string of the molecule is CC(C)=C1C(=O)Nc2ccc(S(=O)(=O)N3c4ccccc4CC3C)cc21. The van der Waals surface area contributed by atoms with Crippen molar-refractivity contribution in [2.75, 3.05) is 9.62 Å². The lowest BCUT2D eigenvalue weighted by atomic mass is 10.0. The van der Waals surface area contributed by atoms with Crippen LogP contribution in [0.25, 0.3) is 5.57 Å². The van der Waals surface area contributed by atoms with Crippen LogP contribution in [0.1, 0.15) is 31.9 Å². The van der Waals surface area contributed by atoms with E-state index in [0.29, 0.717) is 23.2 Å². The Bertz CT molecular complexity index is 1070. The summed E-state index contributed by atoms with van der Waals surface area (Å²) < 4.78 is 28.2. The monoisotopic (exact) mass is 368 g/mol. The lowest BCUT2D eigenvalue weighted by molar-refractivity contribution is -0.110. The number of carbonyl (C=O) groups excluding carboxylic acids is 1. The number of sulfonamides is 1. The zero-order chi connectivity index (χ0) is 18.6. The molecule has 1 N–H and O–H groups in total. The number of anilines is 2. The summed E-state index contributed by atoms with van der Waals surface area (Å²) >= 11 is 0. The molecule has 4 rings (SSSR count). The van der Waals surface area contributed by atoms with Crippen molar-refractivity contribution in [3.63, 3.8) is 0 Å². The average molecular weight is 368 g/mol. The van der Waals surface area contributed by atoms with Crippen molar-refractivity contribution < 1.29 is 13.2 Å². The fraction of sp³-hybridized carbons (Fsp3) is 0.250. The Labute approximate surface area is 153 Å². The molecule has 26 heavy (non-hydrogen) atoms. The molecule has 1 amide bonds. The van der Waals surface area contributed by atoms with Gasteiger partial charge in [0.05, 0.1) is 10.6 Å². The summed E-state index contributed by atoms with van der Waals surface area (Å²) in [5.41, 5.74) is 4.47. The van der Waals surface area contributed by atoms with E-state index in [-0.39, 0.29) is 16.8 Å². The van der Waals surface area contributed by atoms with Crippen molar-refractivity contribution >= 4 is 32.9 Å². The van der Waals surface area contributed by atoms with E-state index < -0.39 is 10.0 Å². The maximum absolute atomic E-state index is 13.4. The first-order valence-electron chi connectivity index (χ1n) is 8.56. The average Bonchev–Trinajstić information content (AvgIpc) is 3.09. The summed E-state index contributed by atoms with van der Waals surface area (Å²) in [6.07, 6.45) is 0.694. The van der Waals surface area contributed by atoms with Crippen LogP contribution in [0, 0.1) is 0 Å². The van der Waals surface area contributed by atoms with E-state index in [1.807, 2.05) is 45.0 Å². The van der Waals surface area contributed by atoms with Crippen LogP contribution in [0.5, 0.6) is 0 Å². The van der Waals surface area contributed by atoms with E-state index in [9.17, 15) is 13.2 Å². The van der Waals surface area contributed by atoms with Gasteiger partial charge in [-0.3, -0.25) is 9.10 Å². The minimum atomic E-state index is -3.72. The van der Waals surface area contributed by atoms with E-state index in [0.717, 1.165) is 16.8 Å². The molecule has 5 nitrogen and oxygen atoms in total. The lowest BCUT2D eigenvalue weighted by Gasteiger charge is -2.24. The van der Waals surface area contributed by atoms with Crippen LogP contribution in [0.2, 0.25) is 0 Å². The molecular weight excluding hydrogens is 348 g/mol. The molecule has 0 aromatic heterocycles. The van der Waals surface area contributed by atoms with Gasteiger partial charge in [-0.15, -0.1) is 0 Å². The fourth-order valence-electron chi connectivity index (χ4n) is 3.82. The van der Waals surface area contributed by atoms with Crippen molar-refractivity contribution in [3.8, 4) is 0 Å². The van der Waals surface area contributed by atoms with Crippen LogP contribution in [-0.4, -0.2) is 20.4 Å². The molecule has 0 aliphatic carbocycles. The summed E-state index contributed by atoms with van der Waals surface area (Å²) in [6, 6.07) is 12.3. The highest BCUT2D eigenvalue weighted by Gasteiger charge is 2.37. The van der Waals surface area contributed by atoms with Gasteiger partial charge in [-0.2, -0.15) is 0 Å². The van der Waals surface area contributed by atoms with Gasteiger partial charge in [0.25, 0.3) is 15.9 Å². The number of allylic oxidation sites excluding steroid dienone is 1. The predicted molar refractivity (Wildman–Crippen MR) is 103 cm³/mol. The maximum atomic E-state index is 13.4. The fourth-order valence-corrected chi connectivity index (χ4v) is 5.54. The number of hydrogen-bond acceptors (Lipinski definition) is 3. The molecule has 2 heterocycles. The number of hydrogen-bond donors (Lipinski definition) is 1. The Morgan fingerprint density at radius 1 is 1.15 bits per heavy atom. The molecule has 1 atom stereocenters. The van der Waals surface area contributed by atoms with Gasteiger partial charge >= 0.3 is 0 Å². The molecule has 6 heteroatoms. The van der Waals surface area contributed by atoms with Crippen LogP contribution in [0.15, 0.2) is 52.9 Å². The van der Waals surface area contributed by atoms with Crippen molar-refractivity contribution in [2.24, 2.45) is 0 Å². The third-order valence-electron chi connectivity index (χ3n) is 4.94. The summed E-state index contributed by atoms with van der Waals surface area (Å²) in [7, 11) is -3.72. The van der Waals surface area contributed by atoms with Crippen LogP contribution in [0.3, 0.4) is 0 Å². The topological polar surface area (TPSA) is 66.5 Å². The third-order valence-corrected chi connectivity index (χ3v) is 6.86. The van der Waals surface area contributed by atoms with Crippen LogP contribution in [0.4, 0.5) is 11.4 Å². The number of carbonyl (C=O) groups is 1. The van der Waals surface area contributed by atoms with Crippen molar-refractivity contribution in [1.29, 1.82) is 0 Å². The molecular formula is C20H20N2O3S. The molecule has 0 radical (unpaired) electrons. The first-order valence-corrected chi connectivity index (χ1v) is 10.0. The van der Waals surface area contributed by atoms with Gasteiger partial charge < -0.3 is 5.32 Å². The van der Waals surface area contributed by atoms with Crippen molar-refractivity contribution in [2.45, 2.75) is 38.1 Å². The molecule has 2 aliphatic heterocycles. The van der Waals surface area contributed by atoms with Crippen molar-refractivity contribution in [1.82, 2.24) is 0 Å². The molecule has 0 fully saturated rings. The molecule has 1 unspecified atom stereocenters. The number of para-hydroxylation sites is 1. The van der Waals surface area contributed by atoms with Crippen LogP contribution < -0.4 is 9.62 Å². The lowest BCUT2D eigenvalue weighted by Crippen LogP contribution is -2.35. The molecule has 2 aliphatic rings. The van der Waals surface area contributed by atoms with Gasteiger partial charge in [0, 0.05) is 22.9 Å². The Hall–Kier alpha value is -2.60. The number of amides is 1. The molecule has 2 aromatic carbocycles. The zero-order valence-corrected chi connectivity index (χ0v) is 15.7. The van der Waals surface area contributed by atoms with E-state index in [2.05, 4.69) is 5.32 Å². The minimum absolute atomic E-state index is 0.145. The first-order chi connectivity index (χ1) is 12.3. The number of fused-ring (bicyclic) bond motifs is 2. The standard InChI is InChI=1S/C20H20N2O3S/c1-12(2)19-16-11-15(8-9-17(16)21-20(19)23)26(24,25)22-13(3)10-14-6-4-5-7-18(14)22/h4-9,11,13H,10H2,1-3H3,(H,21,23). The van der Waals surface area contributed by atoms with E-state index >= 15 is 0 Å². The Kier molecular flexibility index (Phi) is 3.70. The summed E-state index contributed by atoms with van der Waals surface area (Å²) in [5.74, 6) is -0.186. The zero-order valence-electron chi connectivity index (χ0n) is 14.9. The highest BCUT2D eigenvalue weighted by molar-refractivity contribution is 7.92. The van der Waals surface area contributed by atoms with Gasteiger partial charge in [0.2, 0.25) is 0 Å². The second-order valence-corrected chi connectivity index (χ2v) is 8.83. The number of nitrogens with one attached hydrogen (secondary N) is 1. The van der Waals surface area contributed by atoms with E-state index in [4.69, 9.17) is 0 Å². The van der Waals surface area contributed by atoms with Crippen LogP contribution >= 0.6 is 0 Å². The van der Waals surface area contributed by atoms with Gasteiger partial charge in [-0.25, -0.2) is 8.42 Å². The molecule has 0 saturated heterocycles. The Morgan fingerprint density at radius 2 is 1.88 bits per heavy atom.